The van der Waals surface area contributed by atoms with Gasteiger partial charge in [0.25, 0.3) is 0 Å². The lowest BCUT2D eigenvalue weighted by molar-refractivity contribution is -0.137. The van der Waals surface area contributed by atoms with E-state index in [4.69, 9.17) is 0 Å². The Morgan fingerprint density at radius 2 is 1.71 bits per heavy atom. The Kier molecular flexibility index (Phi) is 4.60. The molecule has 1 aromatic carbocycles. The van der Waals surface area contributed by atoms with E-state index in [0.29, 0.717) is 31.8 Å². The van der Waals surface area contributed by atoms with E-state index in [2.05, 4.69) is 10.6 Å². The topological polar surface area (TPSA) is 58.2 Å². The summed E-state index contributed by atoms with van der Waals surface area (Å²) in [6, 6.07) is 5.94. The van der Waals surface area contributed by atoms with Crippen molar-refractivity contribution in [3.8, 4) is 0 Å². The molecule has 1 aliphatic rings. The molecule has 4 nitrogen and oxygen atoms in total. The summed E-state index contributed by atoms with van der Waals surface area (Å²) in [7, 11) is 0. The molecule has 0 heterocycles. The second-order valence-electron chi connectivity index (χ2n) is 6.00. The van der Waals surface area contributed by atoms with Gasteiger partial charge in [0.15, 0.2) is 0 Å². The van der Waals surface area contributed by atoms with E-state index in [1.54, 1.807) is 12.1 Å². The van der Waals surface area contributed by atoms with Crippen LogP contribution in [0.5, 0.6) is 0 Å². The fraction of sp³-hybridized carbons (Fsp3) is 0.500. The van der Waals surface area contributed by atoms with Crippen LogP contribution >= 0.6 is 0 Å². The molecule has 0 aromatic heterocycles. The highest BCUT2D eigenvalue weighted by atomic mass is 19.1. The van der Waals surface area contributed by atoms with E-state index in [0.717, 1.165) is 5.56 Å². The molecule has 0 unspecified atom stereocenters. The highest BCUT2D eigenvalue weighted by Gasteiger charge is 2.56. The summed E-state index contributed by atoms with van der Waals surface area (Å²) >= 11 is 0. The quantitative estimate of drug-likeness (QED) is 0.788. The first kappa shape index (κ1) is 15.5. The van der Waals surface area contributed by atoms with Crippen molar-refractivity contribution in [3.05, 3.63) is 35.6 Å². The van der Waals surface area contributed by atoms with Gasteiger partial charge in [-0.25, -0.2) is 4.39 Å². The monoisotopic (exact) mass is 292 g/mol. The third-order valence-corrected chi connectivity index (χ3v) is 3.66. The van der Waals surface area contributed by atoms with Gasteiger partial charge in [0.05, 0.1) is 0 Å². The maximum atomic E-state index is 12.8. The summed E-state index contributed by atoms with van der Waals surface area (Å²) in [5.41, 5.74) is -0.0855. The van der Waals surface area contributed by atoms with Gasteiger partial charge in [-0.05, 0) is 36.5 Å². The first-order valence-corrected chi connectivity index (χ1v) is 7.25. The van der Waals surface area contributed by atoms with Crippen LogP contribution in [0.4, 0.5) is 4.39 Å². The van der Waals surface area contributed by atoms with Crippen LogP contribution < -0.4 is 10.6 Å². The molecule has 0 radical (unpaired) electrons. The van der Waals surface area contributed by atoms with Crippen molar-refractivity contribution >= 4 is 11.8 Å². The van der Waals surface area contributed by atoms with Crippen LogP contribution in [0.1, 0.15) is 32.3 Å². The zero-order valence-corrected chi connectivity index (χ0v) is 12.4. The molecule has 0 atom stereocenters. The van der Waals surface area contributed by atoms with Gasteiger partial charge >= 0.3 is 0 Å². The summed E-state index contributed by atoms with van der Waals surface area (Å²) < 4.78 is 12.8. The Bertz CT molecular complexity index is 522. The van der Waals surface area contributed by atoms with E-state index in [-0.39, 0.29) is 17.6 Å². The second kappa shape index (κ2) is 6.24. The van der Waals surface area contributed by atoms with Gasteiger partial charge < -0.3 is 10.6 Å². The highest BCUT2D eigenvalue weighted by molar-refractivity contribution is 6.07. The van der Waals surface area contributed by atoms with Crippen molar-refractivity contribution in [1.29, 1.82) is 0 Å². The molecular weight excluding hydrogens is 271 g/mol. The summed E-state index contributed by atoms with van der Waals surface area (Å²) in [5.74, 6) is -0.385. The van der Waals surface area contributed by atoms with Crippen LogP contribution in [0.3, 0.4) is 0 Å². The lowest BCUT2D eigenvalue weighted by Gasteiger charge is -2.16. The Morgan fingerprint density at radius 3 is 2.24 bits per heavy atom. The molecule has 0 aliphatic heterocycles. The number of rotatable bonds is 6. The average Bonchev–Trinajstić information content (AvgIpc) is 3.25. The van der Waals surface area contributed by atoms with E-state index in [1.165, 1.54) is 12.1 Å². The third-order valence-electron chi connectivity index (χ3n) is 3.66. The molecule has 1 aliphatic carbocycles. The zero-order chi connectivity index (χ0) is 15.5. The average molecular weight is 292 g/mol. The lowest BCUT2D eigenvalue weighted by atomic mass is 10.0. The number of nitrogens with one attached hydrogen (secondary N) is 2. The molecule has 0 spiro atoms. The first-order valence-electron chi connectivity index (χ1n) is 7.25. The van der Waals surface area contributed by atoms with Gasteiger partial charge in [-0.1, -0.05) is 26.0 Å². The summed E-state index contributed by atoms with van der Waals surface area (Å²) in [6.07, 6.45) is 1.18. The Morgan fingerprint density at radius 1 is 1.14 bits per heavy atom. The number of halogens is 1. The lowest BCUT2D eigenvalue weighted by Crippen LogP contribution is -2.43. The number of carbonyl (C=O) groups is 2. The number of amides is 2. The van der Waals surface area contributed by atoms with Crippen LogP contribution in [0, 0.1) is 17.2 Å². The largest absolute Gasteiger partial charge is 0.355 e. The fourth-order valence-electron chi connectivity index (χ4n) is 2.10. The standard InChI is InChI=1S/C16H21FN2O2/c1-11(2)9-18-14(20)16(7-8-16)15(21)19-10-12-3-5-13(17)6-4-12/h3-6,11H,7-10H2,1-2H3,(H,18,20)(H,19,21). The molecule has 1 aromatic rings. The van der Waals surface area contributed by atoms with Crippen LogP contribution in [0.15, 0.2) is 24.3 Å². The second-order valence-corrected chi connectivity index (χ2v) is 6.00. The van der Waals surface area contributed by atoms with Gasteiger partial charge in [-0.3, -0.25) is 9.59 Å². The zero-order valence-electron chi connectivity index (χ0n) is 12.4. The summed E-state index contributed by atoms with van der Waals surface area (Å²) in [5, 5.41) is 5.59. The highest BCUT2D eigenvalue weighted by Crippen LogP contribution is 2.46. The number of benzene rings is 1. The van der Waals surface area contributed by atoms with Crippen molar-refractivity contribution in [2.24, 2.45) is 11.3 Å². The van der Waals surface area contributed by atoms with E-state index >= 15 is 0 Å². The predicted octanol–water partition coefficient (Wildman–Crippen LogP) is 1.99. The van der Waals surface area contributed by atoms with Gasteiger partial charge in [0, 0.05) is 13.1 Å². The molecule has 2 N–H and O–H groups in total. The molecule has 21 heavy (non-hydrogen) atoms. The van der Waals surface area contributed by atoms with Crippen LogP contribution in [0.25, 0.3) is 0 Å². The molecule has 5 heteroatoms. The maximum Gasteiger partial charge on any atom is 0.235 e. The fourth-order valence-corrected chi connectivity index (χ4v) is 2.10. The molecule has 1 saturated carbocycles. The summed E-state index contributed by atoms with van der Waals surface area (Å²) in [4.78, 5) is 24.3. The Hall–Kier alpha value is -1.91. The first-order chi connectivity index (χ1) is 9.94. The van der Waals surface area contributed by atoms with Crippen molar-refractivity contribution in [3.63, 3.8) is 0 Å². The van der Waals surface area contributed by atoms with E-state index < -0.39 is 5.41 Å². The van der Waals surface area contributed by atoms with E-state index in [1.807, 2.05) is 13.8 Å². The van der Waals surface area contributed by atoms with Crippen LogP contribution in [-0.4, -0.2) is 18.4 Å². The Labute approximate surface area is 124 Å². The van der Waals surface area contributed by atoms with Crippen molar-refractivity contribution in [2.45, 2.75) is 33.2 Å². The number of hydrogen-bond acceptors (Lipinski definition) is 2. The number of carbonyl (C=O) groups excluding carboxylic acids is 2. The normalized spacial score (nSPS) is 15.6. The smallest absolute Gasteiger partial charge is 0.235 e. The third kappa shape index (κ3) is 3.80. The minimum atomic E-state index is -0.894. The van der Waals surface area contributed by atoms with Crippen molar-refractivity contribution in [2.75, 3.05) is 6.54 Å². The minimum Gasteiger partial charge on any atom is -0.355 e. The van der Waals surface area contributed by atoms with E-state index in [9.17, 15) is 14.0 Å². The van der Waals surface area contributed by atoms with Crippen LogP contribution in [0.2, 0.25) is 0 Å². The SMILES string of the molecule is CC(C)CNC(=O)C1(C(=O)NCc2ccc(F)cc2)CC1. The maximum absolute atomic E-state index is 12.8. The van der Waals surface area contributed by atoms with Gasteiger partial charge in [0.1, 0.15) is 11.2 Å². The minimum absolute atomic E-state index is 0.187. The van der Waals surface area contributed by atoms with Crippen LogP contribution in [-0.2, 0) is 16.1 Å². The molecule has 2 rings (SSSR count). The van der Waals surface area contributed by atoms with Gasteiger partial charge in [-0.2, -0.15) is 0 Å². The van der Waals surface area contributed by atoms with Crippen molar-refractivity contribution < 1.29 is 14.0 Å². The van der Waals surface area contributed by atoms with Gasteiger partial charge in [0.2, 0.25) is 11.8 Å². The molecule has 0 saturated heterocycles. The van der Waals surface area contributed by atoms with Gasteiger partial charge in [-0.15, -0.1) is 0 Å². The van der Waals surface area contributed by atoms with Crippen molar-refractivity contribution in [1.82, 2.24) is 10.6 Å². The number of hydrogen-bond donors (Lipinski definition) is 2. The summed E-state index contributed by atoms with van der Waals surface area (Å²) in [6.45, 7) is 4.90. The molecule has 2 amide bonds. The molecular formula is C16H21FN2O2. The predicted molar refractivity (Wildman–Crippen MR) is 77.8 cm³/mol. The molecule has 114 valence electrons. The Balaban J connectivity index is 1.87. The molecule has 0 bridgehead atoms. The molecule has 1 fully saturated rings.